The largest absolute Gasteiger partial charge is 0.488 e. The minimum Gasteiger partial charge on any atom is -0.488 e. The zero-order valence-electron chi connectivity index (χ0n) is 17.9. The minimum atomic E-state index is -4.73. The van der Waals surface area contributed by atoms with E-state index in [0.29, 0.717) is 11.0 Å². The topological polar surface area (TPSA) is 117 Å². The lowest BCUT2D eigenvalue weighted by molar-refractivity contribution is -0.147. The molecule has 1 aliphatic heterocycles. The molecule has 1 saturated heterocycles. The van der Waals surface area contributed by atoms with Crippen LogP contribution in [0.1, 0.15) is 18.9 Å². The van der Waals surface area contributed by atoms with E-state index in [1.807, 2.05) is 0 Å². The monoisotopic (exact) mass is 511 g/mol. The van der Waals surface area contributed by atoms with Gasteiger partial charge >= 0.3 is 18.2 Å². The second-order valence-electron chi connectivity index (χ2n) is 8.22. The lowest BCUT2D eigenvalue weighted by atomic mass is 9.98. The second kappa shape index (κ2) is 8.49. The Hall–Kier alpha value is -3.73. The van der Waals surface area contributed by atoms with Crippen molar-refractivity contribution in [2.45, 2.75) is 31.2 Å². The summed E-state index contributed by atoms with van der Waals surface area (Å²) in [5, 5.41) is 19.2. The Kier molecular flexibility index (Phi) is 5.92. The van der Waals surface area contributed by atoms with Gasteiger partial charge in [0.15, 0.2) is 11.0 Å². The Labute approximate surface area is 200 Å². The van der Waals surface area contributed by atoms with Gasteiger partial charge in [-0.1, -0.05) is 17.7 Å². The predicted octanol–water partition coefficient (Wildman–Crippen LogP) is 5.11. The van der Waals surface area contributed by atoms with Gasteiger partial charge in [0.05, 0.1) is 28.1 Å². The van der Waals surface area contributed by atoms with E-state index >= 15 is 0 Å². The highest BCUT2D eigenvalue weighted by atomic mass is 35.5. The zero-order valence-corrected chi connectivity index (χ0v) is 18.7. The van der Waals surface area contributed by atoms with Crippen molar-refractivity contribution in [3.8, 4) is 17.1 Å². The smallest absolute Gasteiger partial charge is 0.416 e. The number of nitrogens with zero attached hydrogens (tertiary/aromatic N) is 1. The predicted molar refractivity (Wildman–Crippen MR) is 118 cm³/mol. The van der Waals surface area contributed by atoms with Gasteiger partial charge in [0, 0.05) is 12.5 Å². The molecule has 0 saturated carbocycles. The van der Waals surface area contributed by atoms with E-state index in [0.717, 1.165) is 18.2 Å². The number of hydrogen-bond acceptors (Lipinski definition) is 5. The molecule has 35 heavy (non-hydrogen) atoms. The number of likely N-dealkylation sites (tertiary alicyclic amines) is 1. The number of alkyl halides is 3. The Balaban J connectivity index is 1.82. The molecule has 8 nitrogen and oxygen atoms in total. The van der Waals surface area contributed by atoms with E-state index in [4.69, 9.17) is 20.8 Å². The number of amides is 1. The average molecular weight is 512 g/mol. The summed E-state index contributed by atoms with van der Waals surface area (Å²) in [5.74, 6) is -1.92. The molecule has 184 valence electrons. The molecule has 0 spiro atoms. The minimum absolute atomic E-state index is 0.0253. The highest BCUT2D eigenvalue weighted by Crippen LogP contribution is 2.40. The maximum absolute atomic E-state index is 13.4. The molecule has 12 heteroatoms. The van der Waals surface area contributed by atoms with E-state index in [-0.39, 0.29) is 39.5 Å². The first kappa shape index (κ1) is 24.4. The number of carboxylic acid groups (broad SMARTS) is 2. The molecule has 3 aromatic rings. The molecule has 0 aliphatic carbocycles. The summed E-state index contributed by atoms with van der Waals surface area (Å²) in [6.07, 6.45) is -7.66. The standard InChI is InChI=1S/C23H17ClF3NO7/c1-22(20(30)31)9-12(10-28(22)21(32)33)34-17-7-11(23(25,26)27)5-6-14(17)18-8-16(29)13-3-2-4-15(24)19(13)35-18/h2-8,12H,9-10H2,1H3,(H,30,31)(H,32,33)/t12-,22+/m1/s1. The van der Waals surface area contributed by atoms with Gasteiger partial charge in [-0.05, 0) is 37.3 Å². The molecular formula is C23H17ClF3NO7. The van der Waals surface area contributed by atoms with E-state index in [1.54, 1.807) is 6.07 Å². The highest BCUT2D eigenvalue weighted by molar-refractivity contribution is 6.34. The maximum atomic E-state index is 13.4. The number of para-hydroxylation sites is 1. The number of carbonyl (C=O) groups is 2. The summed E-state index contributed by atoms with van der Waals surface area (Å²) in [6.45, 7) is 0.783. The van der Waals surface area contributed by atoms with Gasteiger partial charge in [-0.25, -0.2) is 9.59 Å². The molecule has 0 radical (unpaired) electrons. The van der Waals surface area contributed by atoms with Crippen LogP contribution in [0.5, 0.6) is 5.75 Å². The second-order valence-corrected chi connectivity index (χ2v) is 8.62. The lowest BCUT2D eigenvalue weighted by Crippen LogP contribution is -2.50. The summed E-state index contributed by atoms with van der Waals surface area (Å²) in [5.41, 5.74) is -3.40. The lowest BCUT2D eigenvalue weighted by Gasteiger charge is -2.27. The number of hydrogen-bond donors (Lipinski definition) is 2. The van der Waals surface area contributed by atoms with Crippen LogP contribution in [0.4, 0.5) is 18.0 Å². The van der Waals surface area contributed by atoms with Crippen LogP contribution in [0, 0.1) is 0 Å². The molecule has 0 bridgehead atoms. The Morgan fingerprint density at radius 3 is 2.51 bits per heavy atom. The average Bonchev–Trinajstić information content (AvgIpc) is 3.11. The van der Waals surface area contributed by atoms with Crippen molar-refractivity contribution < 1.29 is 42.1 Å². The van der Waals surface area contributed by atoms with Gasteiger partial charge in [0.2, 0.25) is 0 Å². The summed E-state index contributed by atoms with van der Waals surface area (Å²) >= 11 is 6.13. The molecule has 2 N–H and O–H groups in total. The maximum Gasteiger partial charge on any atom is 0.416 e. The number of benzene rings is 2. The number of rotatable bonds is 4. The van der Waals surface area contributed by atoms with Crippen LogP contribution in [0.25, 0.3) is 22.3 Å². The van der Waals surface area contributed by atoms with Gasteiger partial charge in [-0.2, -0.15) is 13.2 Å². The van der Waals surface area contributed by atoms with Gasteiger partial charge in [0.25, 0.3) is 0 Å². The summed E-state index contributed by atoms with van der Waals surface area (Å²) in [4.78, 5) is 36.6. The van der Waals surface area contributed by atoms with Crippen molar-refractivity contribution in [3.63, 3.8) is 0 Å². The number of halogens is 4. The Morgan fingerprint density at radius 2 is 1.91 bits per heavy atom. The first-order valence-corrected chi connectivity index (χ1v) is 10.5. The molecule has 1 amide bonds. The van der Waals surface area contributed by atoms with E-state index in [9.17, 15) is 37.8 Å². The van der Waals surface area contributed by atoms with Crippen LogP contribution < -0.4 is 10.2 Å². The van der Waals surface area contributed by atoms with Crippen LogP contribution in [0.15, 0.2) is 51.7 Å². The highest BCUT2D eigenvalue weighted by Gasteiger charge is 2.51. The fraction of sp³-hybridized carbons (Fsp3) is 0.261. The molecule has 1 aliphatic rings. The Bertz CT molecular complexity index is 1400. The number of ether oxygens (including phenoxy) is 1. The number of aliphatic carboxylic acids is 1. The van der Waals surface area contributed by atoms with E-state index in [2.05, 4.69) is 0 Å². The van der Waals surface area contributed by atoms with Gasteiger partial charge in [0.1, 0.15) is 23.2 Å². The van der Waals surface area contributed by atoms with Crippen molar-refractivity contribution in [1.29, 1.82) is 0 Å². The van der Waals surface area contributed by atoms with Crippen LogP contribution in [-0.4, -0.2) is 45.4 Å². The third-order valence-corrected chi connectivity index (χ3v) is 6.17. The molecule has 4 rings (SSSR count). The van der Waals surface area contributed by atoms with Crippen LogP contribution in [0.2, 0.25) is 5.02 Å². The number of carboxylic acids is 1. The summed E-state index contributed by atoms with van der Waals surface area (Å²) in [6, 6.07) is 8.10. The molecule has 2 aromatic carbocycles. The SMILES string of the molecule is C[C@@]1(C(=O)O)C[C@@H](Oc2cc(C(F)(F)F)ccc2-c2cc(=O)c3cccc(Cl)c3o2)CN1C(=O)O. The molecule has 1 fully saturated rings. The third kappa shape index (κ3) is 4.39. The Morgan fingerprint density at radius 1 is 1.20 bits per heavy atom. The van der Waals surface area contributed by atoms with Crippen molar-refractivity contribution in [1.82, 2.24) is 4.90 Å². The van der Waals surface area contributed by atoms with E-state index in [1.165, 1.54) is 19.1 Å². The quantitative estimate of drug-likeness (QED) is 0.500. The summed E-state index contributed by atoms with van der Waals surface area (Å²) < 4.78 is 51.8. The molecule has 2 atom stereocenters. The fourth-order valence-corrected chi connectivity index (χ4v) is 4.26. The van der Waals surface area contributed by atoms with Crippen molar-refractivity contribution in [3.05, 3.63) is 63.3 Å². The van der Waals surface area contributed by atoms with Crippen molar-refractivity contribution in [2.24, 2.45) is 0 Å². The van der Waals surface area contributed by atoms with Crippen molar-refractivity contribution >= 4 is 34.6 Å². The van der Waals surface area contributed by atoms with Crippen LogP contribution in [0.3, 0.4) is 0 Å². The van der Waals surface area contributed by atoms with Crippen LogP contribution >= 0.6 is 11.6 Å². The van der Waals surface area contributed by atoms with E-state index < -0.39 is 47.4 Å². The normalized spacial score (nSPS) is 20.3. The summed E-state index contributed by atoms with van der Waals surface area (Å²) in [7, 11) is 0. The zero-order chi connectivity index (χ0) is 25.7. The number of fused-ring (bicyclic) bond motifs is 1. The van der Waals surface area contributed by atoms with Gasteiger partial charge in [-0.15, -0.1) is 0 Å². The first-order valence-electron chi connectivity index (χ1n) is 10.2. The van der Waals surface area contributed by atoms with Crippen LogP contribution in [-0.2, 0) is 11.0 Å². The molecular weight excluding hydrogens is 495 g/mol. The van der Waals surface area contributed by atoms with Gasteiger partial charge in [-0.3, -0.25) is 9.69 Å². The fourth-order valence-electron chi connectivity index (χ4n) is 4.05. The first-order chi connectivity index (χ1) is 16.3. The van der Waals surface area contributed by atoms with Gasteiger partial charge < -0.3 is 19.4 Å². The molecule has 2 heterocycles. The molecule has 0 unspecified atom stereocenters. The molecule has 1 aromatic heterocycles. The third-order valence-electron chi connectivity index (χ3n) is 5.87. The van der Waals surface area contributed by atoms with Crippen molar-refractivity contribution in [2.75, 3.05) is 6.54 Å².